The lowest BCUT2D eigenvalue weighted by Crippen LogP contribution is -2.37. The summed E-state index contributed by atoms with van der Waals surface area (Å²) < 4.78 is 26.8. The number of hydrogen-bond donors (Lipinski definition) is 1. The molecule has 39 heavy (non-hydrogen) atoms. The molecule has 0 atom stereocenters. The van der Waals surface area contributed by atoms with Crippen LogP contribution in [-0.4, -0.2) is 64.8 Å². The van der Waals surface area contributed by atoms with E-state index in [0.717, 1.165) is 44.6 Å². The van der Waals surface area contributed by atoms with Crippen molar-refractivity contribution in [3.63, 3.8) is 0 Å². The van der Waals surface area contributed by atoms with Crippen molar-refractivity contribution in [1.29, 1.82) is 0 Å². The lowest BCUT2D eigenvalue weighted by atomic mass is 9.89. The van der Waals surface area contributed by atoms with E-state index >= 15 is 0 Å². The first-order chi connectivity index (χ1) is 18.8. The van der Waals surface area contributed by atoms with Crippen molar-refractivity contribution in [3.05, 3.63) is 89.5 Å². The molecule has 0 spiro atoms. The van der Waals surface area contributed by atoms with Crippen molar-refractivity contribution in [2.75, 3.05) is 38.5 Å². The van der Waals surface area contributed by atoms with Crippen LogP contribution in [0.1, 0.15) is 61.1 Å². The van der Waals surface area contributed by atoms with Crippen LogP contribution >= 0.6 is 0 Å². The summed E-state index contributed by atoms with van der Waals surface area (Å²) in [6, 6.07) is 13.6. The fourth-order valence-electron chi connectivity index (χ4n) is 5.07. The highest BCUT2D eigenvalue weighted by molar-refractivity contribution is 5.90. The molecule has 3 heterocycles. The van der Waals surface area contributed by atoms with E-state index in [1.54, 1.807) is 11.9 Å². The molecule has 1 saturated heterocycles. The molecule has 0 aliphatic carbocycles. The van der Waals surface area contributed by atoms with E-state index in [-0.39, 0.29) is 11.8 Å². The maximum absolute atomic E-state index is 13.5. The Labute approximate surface area is 228 Å². The summed E-state index contributed by atoms with van der Waals surface area (Å²) in [6.45, 7) is 5.21. The number of nitrogens with zero attached hydrogens (tertiary/aromatic N) is 4. The number of nitrogens with one attached hydrogen (secondary N) is 1. The summed E-state index contributed by atoms with van der Waals surface area (Å²) in [7, 11) is 1.75. The molecule has 206 valence electrons. The Balaban J connectivity index is 1.29. The summed E-state index contributed by atoms with van der Waals surface area (Å²) in [6.07, 6.45) is 6.02. The minimum atomic E-state index is -0.746. The number of amides is 2. The highest BCUT2D eigenvalue weighted by Gasteiger charge is 2.27. The number of piperidine rings is 1. The standard InChI is InChI=1S/C30H35F2N5O2/c1-3-28(38)35-25-7-4-6-22(18-25)21-12-16-37(17-13-21)15-5-14-36(2)30(39)29(23-8-10-26(31)33-19-23)24-9-11-27(32)34-20-24/h4,6-11,18-21,29H,3,5,12-17H2,1-2H3,(H,35,38). The normalized spacial score (nSPS) is 14.4. The third-order valence-electron chi connectivity index (χ3n) is 7.31. The quantitative estimate of drug-likeness (QED) is 0.371. The fourth-order valence-corrected chi connectivity index (χ4v) is 5.07. The number of likely N-dealkylation sites (N-methyl/N-ethyl adjacent to an activating group) is 1. The topological polar surface area (TPSA) is 78.4 Å². The van der Waals surface area contributed by atoms with Gasteiger partial charge in [-0.15, -0.1) is 0 Å². The zero-order valence-electron chi connectivity index (χ0n) is 22.4. The van der Waals surface area contributed by atoms with Crippen LogP contribution in [0.15, 0.2) is 60.9 Å². The first-order valence-electron chi connectivity index (χ1n) is 13.4. The van der Waals surface area contributed by atoms with Crippen molar-refractivity contribution >= 4 is 17.5 Å². The van der Waals surface area contributed by atoms with Crippen molar-refractivity contribution in [3.8, 4) is 0 Å². The number of pyridine rings is 2. The smallest absolute Gasteiger partial charge is 0.234 e. The second-order valence-corrected chi connectivity index (χ2v) is 10.0. The second kappa shape index (κ2) is 13.4. The molecule has 0 saturated carbocycles. The third-order valence-corrected chi connectivity index (χ3v) is 7.31. The van der Waals surface area contributed by atoms with Gasteiger partial charge in [-0.25, -0.2) is 9.97 Å². The van der Waals surface area contributed by atoms with Crippen molar-refractivity contribution in [1.82, 2.24) is 19.8 Å². The number of halogens is 2. The third kappa shape index (κ3) is 7.66. The fraction of sp³-hybridized carbons (Fsp3) is 0.400. The molecule has 0 unspecified atom stereocenters. The summed E-state index contributed by atoms with van der Waals surface area (Å²) in [4.78, 5) is 36.7. The largest absolute Gasteiger partial charge is 0.345 e. The van der Waals surface area contributed by atoms with Crippen LogP contribution in [0, 0.1) is 11.9 Å². The van der Waals surface area contributed by atoms with Gasteiger partial charge in [-0.2, -0.15) is 8.78 Å². The van der Waals surface area contributed by atoms with E-state index in [2.05, 4.69) is 32.3 Å². The Morgan fingerprint density at radius 3 is 2.23 bits per heavy atom. The molecule has 2 aromatic heterocycles. The Morgan fingerprint density at radius 1 is 1.03 bits per heavy atom. The average Bonchev–Trinajstić information content (AvgIpc) is 2.95. The number of likely N-dealkylation sites (tertiary alicyclic amines) is 1. The highest BCUT2D eigenvalue weighted by Crippen LogP contribution is 2.30. The van der Waals surface area contributed by atoms with E-state index in [9.17, 15) is 18.4 Å². The van der Waals surface area contributed by atoms with Crippen molar-refractivity contribution < 1.29 is 18.4 Å². The van der Waals surface area contributed by atoms with Gasteiger partial charge in [-0.1, -0.05) is 31.2 Å². The van der Waals surface area contributed by atoms with Gasteiger partial charge in [0.1, 0.15) is 0 Å². The van der Waals surface area contributed by atoms with Gasteiger partial charge in [0.2, 0.25) is 23.7 Å². The van der Waals surface area contributed by atoms with Crippen LogP contribution in [0.4, 0.5) is 14.5 Å². The zero-order chi connectivity index (χ0) is 27.8. The lowest BCUT2D eigenvalue weighted by molar-refractivity contribution is -0.130. The molecule has 0 radical (unpaired) electrons. The molecule has 9 heteroatoms. The van der Waals surface area contributed by atoms with Crippen LogP contribution in [0.3, 0.4) is 0 Å². The van der Waals surface area contributed by atoms with Gasteiger partial charge in [-0.05, 0) is 85.8 Å². The second-order valence-electron chi connectivity index (χ2n) is 10.0. The number of anilines is 1. The van der Waals surface area contributed by atoms with E-state index in [0.29, 0.717) is 30.0 Å². The molecule has 3 aromatic rings. The minimum absolute atomic E-state index is 0.0143. The van der Waals surface area contributed by atoms with Gasteiger partial charge in [0.25, 0.3) is 0 Å². The molecule has 1 aliphatic rings. The van der Waals surface area contributed by atoms with Crippen molar-refractivity contribution in [2.45, 2.75) is 44.4 Å². The van der Waals surface area contributed by atoms with Crippen LogP contribution in [0.25, 0.3) is 0 Å². The summed E-state index contributed by atoms with van der Waals surface area (Å²) in [5.41, 5.74) is 3.16. The van der Waals surface area contributed by atoms with Gasteiger partial charge < -0.3 is 15.1 Å². The van der Waals surface area contributed by atoms with Crippen LogP contribution in [0.2, 0.25) is 0 Å². The summed E-state index contributed by atoms with van der Waals surface area (Å²) in [5.74, 6) is -1.71. The SMILES string of the molecule is CCC(=O)Nc1cccc(C2CCN(CCCN(C)C(=O)C(c3ccc(F)nc3)c3ccc(F)nc3)CC2)c1. The van der Waals surface area contributed by atoms with Gasteiger partial charge in [0, 0.05) is 38.1 Å². The Morgan fingerprint density at radius 2 is 1.67 bits per heavy atom. The minimum Gasteiger partial charge on any atom is -0.345 e. The number of benzene rings is 1. The van der Waals surface area contributed by atoms with E-state index < -0.39 is 17.8 Å². The van der Waals surface area contributed by atoms with E-state index in [1.807, 2.05) is 19.1 Å². The maximum Gasteiger partial charge on any atom is 0.234 e. The predicted molar refractivity (Wildman–Crippen MR) is 146 cm³/mol. The number of hydrogen-bond acceptors (Lipinski definition) is 5. The summed E-state index contributed by atoms with van der Waals surface area (Å²) in [5, 5.41) is 2.94. The predicted octanol–water partition coefficient (Wildman–Crippen LogP) is 4.96. The maximum atomic E-state index is 13.5. The van der Waals surface area contributed by atoms with Gasteiger partial charge in [-0.3, -0.25) is 9.59 Å². The van der Waals surface area contributed by atoms with Crippen molar-refractivity contribution in [2.24, 2.45) is 0 Å². The Hall–Kier alpha value is -3.72. The molecule has 1 fully saturated rings. The molecule has 1 aliphatic heterocycles. The van der Waals surface area contributed by atoms with Gasteiger partial charge >= 0.3 is 0 Å². The molecule has 4 rings (SSSR count). The number of aromatic nitrogens is 2. The lowest BCUT2D eigenvalue weighted by Gasteiger charge is -2.33. The Bertz CT molecular complexity index is 1200. The summed E-state index contributed by atoms with van der Waals surface area (Å²) >= 11 is 0. The van der Waals surface area contributed by atoms with E-state index in [1.165, 1.54) is 42.2 Å². The van der Waals surface area contributed by atoms with Gasteiger partial charge in [0.15, 0.2) is 0 Å². The van der Waals surface area contributed by atoms with Crippen LogP contribution in [-0.2, 0) is 9.59 Å². The Kier molecular flexibility index (Phi) is 9.70. The molecule has 0 bridgehead atoms. The molecule has 7 nitrogen and oxygen atoms in total. The zero-order valence-corrected chi connectivity index (χ0v) is 22.4. The highest BCUT2D eigenvalue weighted by atomic mass is 19.1. The molecular weight excluding hydrogens is 500 g/mol. The first-order valence-corrected chi connectivity index (χ1v) is 13.4. The van der Waals surface area contributed by atoms with Crippen LogP contribution in [0.5, 0.6) is 0 Å². The number of rotatable bonds is 10. The first kappa shape index (κ1) is 28.3. The number of carbonyl (C=O) groups excluding carboxylic acids is 2. The average molecular weight is 536 g/mol. The molecule has 1 N–H and O–H groups in total. The molecule has 1 aromatic carbocycles. The molecular formula is C30H35F2N5O2. The number of carbonyl (C=O) groups is 2. The van der Waals surface area contributed by atoms with Crippen LogP contribution < -0.4 is 5.32 Å². The monoisotopic (exact) mass is 535 g/mol. The van der Waals surface area contributed by atoms with Gasteiger partial charge in [0.05, 0.1) is 5.92 Å². The van der Waals surface area contributed by atoms with E-state index in [4.69, 9.17) is 0 Å². The molecule has 2 amide bonds.